The zero-order valence-electron chi connectivity index (χ0n) is 9.00. The SMILES string of the molecule is c1ccc2c(NCc3ccno3)cnnc2c1. The van der Waals surface area contributed by atoms with Crippen LogP contribution in [-0.4, -0.2) is 15.4 Å². The van der Waals surface area contributed by atoms with Crippen LogP contribution in [0, 0.1) is 0 Å². The largest absolute Gasteiger partial charge is 0.376 e. The molecule has 0 unspecified atom stereocenters. The summed E-state index contributed by atoms with van der Waals surface area (Å²) in [5, 5.41) is 16.0. The first kappa shape index (κ1) is 9.77. The fraction of sp³-hybridized carbons (Fsp3) is 0.0833. The van der Waals surface area contributed by atoms with E-state index < -0.39 is 0 Å². The predicted molar refractivity (Wildman–Crippen MR) is 63.4 cm³/mol. The molecule has 0 spiro atoms. The van der Waals surface area contributed by atoms with Gasteiger partial charge in [0.2, 0.25) is 0 Å². The molecule has 0 bridgehead atoms. The molecule has 0 fully saturated rings. The molecule has 0 saturated carbocycles. The summed E-state index contributed by atoms with van der Waals surface area (Å²) in [5.74, 6) is 0.783. The topological polar surface area (TPSA) is 63.8 Å². The highest BCUT2D eigenvalue weighted by molar-refractivity contribution is 5.90. The molecule has 5 heteroatoms. The van der Waals surface area contributed by atoms with Crippen molar-refractivity contribution in [2.24, 2.45) is 0 Å². The van der Waals surface area contributed by atoms with Crippen molar-refractivity contribution in [3.63, 3.8) is 0 Å². The van der Waals surface area contributed by atoms with Gasteiger partial charge in [-0.2, -0.15) is 10.2 Å². The number of aromatic nitrogens is 3. The van der Waals surface area contributed by atoms with E-state index in [-0.39, 0.29) is 0 Å². The van der Waals surface area contributed by atoms with Crippen molar-refractivity contribution in [3.05, 3.63) is 48.5 Å². The van der Waals surface area contributed by atoms with E-state index in [0.29, 0.717) is 6.54 Å². The van der Waals surface area contributed by atoms with Crippen LogP contribution in [0.3, 0.4) is 0 Å². The maximum atomic E-state index is 5.02. The van der Waals surface area contributed by atoms with Crippen LogP contribution in [0.2, 0.25) is 0 Å². The lowest BCUT2D eigenvalue weighted by Gasteiger charge is -2.06. The van der Waals surface area contributed by atoms with E-state index in [1.54, 1.807) is 12.4 Å². The molecule has 0 amide bonds. The van der Waals surface area contributed by atoms with Gasteiger partial charge in [-0.1, -0.05) is 23.4 Å². The van der Waals surface area contributed by atoms with Crippen molar-refractivity contribution >= 4 is 16.6 Å². The molecule has 0 aliphatic rings. The maximum Gasteiger partial charge on any atom is 0.155 e. The molecule has 84 valence electrons. The third-order valence-corrected chi connectivity index (χ3v) is 2.49. The molecule has 0 atom stereocenters. The van der Waals surface area contributed by atoms with Crippen molar-refractivity contribution in [1.29, 1.82) is 0 Å². The zero-order chi connectivity index (χ0) is 11.5. The molecule has 5 nitrogen and oxygen atoms in total. The highest BCUT2D eigenvalue weighted by Crippen LogP contribution is 2.20. The van der Waals surface area contributed by atoms with Gasteiger partial charge in [0, 0.05) is 11.5 Å². The fourth-order valence-corrected chi connectivity index (χ4v) is 1.66. The zero-order valence-corrected chi connectivity index (χ0v) is 9.00. The number of fused-ring (bicyclic) bond motifs is 1. The maximum absolute atomic E-state index is 5.02. The fourth-order valence-electron chi connectivity index (χ4n) is 1.66. The smallest absolute Gasteiger partial charge is 0.155 e. The number of hydrogen-bond donors (Lipinski definition) is 1. The highest BCUT2D eigenvalue weighted by Gasteiger charge is 2.03. The lowest BCUT2D eigenvalue weighted by Crippen LogP contribution is -2.00. The molecule has 3 rings (SSSR count). The van der Waals surface area contributed by atoms with Crippen LogP contribution in [0.25, 0.3) is 10.9 Å². The van der Waals surface area contributed by atoms with Crippen LogP contribution in [0.4, 0.5) is 5.69 Å². The Kier molecular flexibility index (Phi) is 2.42. The van der Waals surface area contributed by atoms with E-state index in [9.17, 15) is 0 Å². The van der Waals surface area contributed by atoms with E-state index in [2.05, 4.69) is 20.7 Å². The Labute approximate surface area is 97.5 Å². The van der Waals surface area contributed by atoms with Gasteiger partial charge in [-0.15, -0.1) is 0 Å². The number of nitrogens with zero attached hydrogens (tertiary/aromatic N) is 3. The second kappa shape index (κ2) is 4.21. The third kappa shape index (κ3) is 1.94. The standard InChI is InChI=1S/C12H10N4O/c1-2-4-11-10(3-1)12(8-14-16-11)13-7-9-5-6-15-17-9/h1-6,8H,7H2,(H,13,16). The molecule has 2 aromatic heterocycles. The molecular formula is C12H10N4O. The minimum Gasteiger partial charge on any atom is -0.376 e. The Hall–Kier alpha value is -2.43. The van der Waals surface area contributed by atoms with Crippen molar-refractivity contribution in [2.45, 2.75) is 6.54 Å². The van der Waals surface area contributed by atoms with Crippen LogP contribution in [0.5, 0.6) is 0 Å². The second-order valence-corrected chi connectivity index (χ2v) is 3.61. The monoisotopic (exact) mass is 226 g/mol. The van der Waals surface area contributed by atoms with Crippen molar-refractivity contribution < 1.29 is 4.52 Å². The minimum absolute atomic E-state index is 0.579. The molecule has 1 aromatic carbocycles. The molecule has 0 aliphatic carbocycles. The molecule has 0 radical (unpaired) electrons. The van der Waals surface area contributed by atoms with Crippen molar-refractivity contribution in [3.8, 4) is 0 Å². The van der Waals surface area contributed by atoms with Gasteiger partial charge in [0.05, 0.1) is 30.1 Å². The Morgan fingerprint density at radius 1 is 1.18 bits per heavy atom. The quantitative estimate of drug-likeness (QED) is 0.741. The molecule has 1 N–H and O–H groups in total. The summed E-state index contributed by atoms with van der Waals surface area (Å²) in [6, 6.07) is 9.68. The summed E-state index contributed by atoms with van der Waals surface area (Å²) in [7, 11) is 0. The summed E-state index contributed by atoms with van der Waals surface area (Å²) in [6.07, 6.45) is 3.33. The Morgan fingerprint density at radius 2 is 2.12 bits per heavy atom. The number of benzene rings is 1. The van der Waals surface area contributed by atoms with Crippen LogP contribution in [0.1, 0.15) is 5.76 Å². The number of anilines is 1. The van der Waals surface area contributed by atoms with E-state index in [1.165, 1.54) is 0 Å². The highest BCUT2D eigenvalue weighted by atomic mass is 16.5. The first-order valence-corrected chi connectivity index (χ1v) is 5.27. The Balaban J connectivity index is 1.90. The molecular weight excluding hydrogens is 216 g/mol. The lowest BCUT2D eigenvalue weighted by atomic mass is 10.2. The van der Waals surface area contributed by atoms with Gasteiger partial charge >= 0.3 is 0 Å². The normalized spacial score (nSPS) is 10.6. The van der Waals surface area contributed by atoms with Gasteiger partial charge in [-0.3, -0.25) is 0 Å². The molecule has 2 heterocycles. The summed E-state index contributed by atoms with van der Waals surface area (Å²) in [5.41, 5.74) is 1.81. The molecule has 17 heavy (non-hydrogen) atoms. The second-order valence-electron chi connectivity index (χ2n) is 3.61. The van der Waals surface area contributed by atoms with Crippen LogP contribution < -0.4 is 5.32 Å². The van der Waals surface area contributed by atoms with E-state index >= 15 is 0 Å². The van der Waals surface area contributed by atoms with E-state index in [4.69, 9.17) is 4.52 Å². The van der Waals surface area contributed by atoms with E-state index in [0.717, 1.165) is 22.4 Å². The average molecular weight is 226 g/mol. The first-order chi connectivity index (χ1) is 8.43. The van der Waals surface area contributed by atoms with E-state index in [1.807, 2.05) is 30.3 Å². The van der Waals surface area contributed by atoms with Crippen LogP contribution in [0.15, 0.2) is 47.2 Å². The van der Waals surface area contributed by atoms with Gasteiger partial charge in [0.15, 0.2) is 5.76 Å². The summed E-state index contributed by atoms with van der Waals surface area (Å²) in [6.45, 7) is 0.579. The predicted octanol–water partition coefficient (Wildman–Crippen LogP) is 2.23. The van der Waals surface area contributed by atoms with Crippen molar-refractivity contribution in [1.82, 2.24) is 15.4 Å². The van der Waals surface area contributed by atoms with Gasteiger partial charge < -0.3 is 9.84 Å². The van der Waals surface area contributed by atoms with Gasteiger partial charge in [-0.25, -0.2) is 0 Å². The van der Waals surface area contributed by atoms with Gasteiger partial charge in [0.1, 0.15) is 0 Å². The number of rotatable bonds is 3. The summed E-state index contributed by atoms with van der Waals surface area (Å²) < 4.78 is 5.02. The Bertz CT molecular complexity index is 616. The van der Waals surface area contributed by atoms with Gasteiger partial charge in [-0.05, 0) is 6.07 Å². The first-order valence-electron chi connectivity index (χ1n) is 5.27. The van der Waals surface area contributed by atoms with Crippen molar-refractivity contribution in [2.75, 3.05) is 5.32 Å². The summed E-state index contributed by atoms with van der Waals surface area (Å²) >= 11 is 0. The summed E-state index contributed by atoms with van der Waals surface area (Å²) in [4.78, 5) is 0. The minimum atomic E-state index is 0.579. The lowest BCUT2D eigenvalue weighted by molar-refractivity contribution is 0.388. The third-order valence-electron chi connectivity index (χ3n) is 2.49. The molecule has 0 aliphatic heterocycles. The molecule has 3 aromatic rings. The average Bonchev–Trinajstić information content (AvgIpc) is 2.89. The van der Waals surface area contributed by atoms with Crippen LogP contribution in [-0.2, 0) is 6.54 Å². The number of hydrogen-bond acceptors (Lipinski definition) is 5. The number of nitrogens with one attached hydrogen (secondary N) is 1. The van der Waals surface area contributed by atoms with Crippen LogP contribution >= 0.6 is 0 Å². The molecule has 0 saturated heterocycles. The van der Waals surface area contributed by atoms with Gasteiger partial charge in [0.25, 0.3) is 0 Å². The Morgan fingerprint density at radius 3 is 3.00 bits per heavy atom.